The Hall–Kier alpha value is -0.640. The summed E-state index contributed by atoms with van der Waals surface area (Å²) in [6.45, 7) is 9.07. The predicted octanol–water partition coefficient (Wildman–Crippen LogP) is 5.42. The van der Waals surface area contributed by atoms with Gasteiger partial charge >= 0.3 is 0 Å². The van der Waals surface area contributed by atoms with Gasteiger partial charge < -0.3 is 5.32 Å². The third-order valence-corrected chi connectivity index (χ3v) is 5.77. The molecule has 1 N–H and O–H groups in total. The van der Waals surface area contributed by atoms with E-state index >= 15 is 0 Å². The van der Waals surface area contributed by atoms with Gasteiger partial charge in [-0.3, -0.25) is 0 Å². The Morgan fingerprint density at radius 1 is 1.11 bits per heavy atom. The van der Waals surface area contributed by atoms with Gasteiger partial charge in [-0.1, -0.05) is 26.8 Å². The highest BCUT2D eigenvalue weighted by Crippen LogP contribution is 2.31. The van der Waals surface area contributed by atoms with Crippen LogP contribution in [0.25, 0.3) is 0 Å². The van der Waals surface area contributed by atoms with E-state index in [9.17, 15) is 0 Å². The van der Waals surface area contributed by atoms with Crippen LogP contribution in [0.3, 0.4) is 0 Å². The average Bonchev–Trinajstić information content (AvgIpc) is 3.05. The number of nitrogens with one attached hydrogen (secondary N) is 1. The van der Waals surface area contributed by atoms with E-state index in [1.807, 2.05) is 22.7 Å². The second-order valence-electron chi connectivity index (χ2n) is 5.28. The molecular formula is C16H23NS2. The molecule has 0 spiro atoms. The molecule has 1 nitrogen and oxygen atoms in total. The van der Waals surface area contributed by atoms with E-state index in [1.54, 1.807) is 0 Å². The van der Waals surface area contributed by atoms with E-state index in [0.29, 0.717) is 18.0 Å². The highest BCUT2D eigenvalue weighted by atomic mass is 32.1. The lowest BCUT2D eigenvalue weighted by Gasteiger charge is -2.25. The molecule has 0 saturated carbocycles. The van der Waals surface area contributed by atoms with Crippen LogP contribution in [-0.2, 0) is 6.42 Å². The van der Waals surface area contributed by atoms with Crippen LogP contribution < -0.4 is 5.32 Å². The predicted molar refractivity (Wildman–Crippen MR) is 87.1 cm³/mol. The topological polar surface area (TPSA) is 12.0 Å². The van der Waals surface area contributed by atoms with Crippen LogP contribution in [0.2, 0.25) is 0 Å². The Morgan fingerprint density at radius 3 is 2.42 bits per heavy atom. The summed E-state index contributed by atoms with van der Waals surface area (Å²) in [4.78, 5) is 4.36. The first-order valence-corrected chi connectivity index (χ1v) is 8.69. The van der Waals surface area contributed by atoms with E-state index in [4.69, 9.17) is 0 Å². The summed E-state index contributed by atoms with van der Waals surface area (Å²) >= 11 is 3.78. The number of rotatable bonds is 6. The van der Waals surface area contributed by atoms with Crippen LogP contribution in [0.1, 0.15) is 54.4 Å². The molecule has 2 aromatic rings. The minimum Gasteiger partial charge on any atom is -0.302 e. The van der Waals surface area contributed by atoms with Gasteiger partial charge in [-0.05, 0) is 42.8 Å². The molecule has 2 aromatic heterocycles. The van der Waals surface area contributed by atoms with Gasteiger partial charge in [0.25, 0.3) is 0 Å². The molecule has 0 fully saturated rings. The summed E-state index contributed by atoms with van der Waals surface area (Å²) in [6.07, 6.45) is 1.13. The van der Waals surface area contributed by atoms with Crippen LogP contribution in [0.15, 0.2) is 29.6 Å². The van der Waals surface area contributed by atoms with Gasteiger partial charge in [0.05, 0.1) is 0 Å². The van der Waals surface area contributed by atoms with Crippen LogP contribution >= 0.6 is 22.7 Å². The van der Waals surface area contributed by atoms with Crippen LogP contribution in [0.4, 0.5) is 0 Å². The van der Waals surface area contributed by atoms with Crippen LogP contribution in [0, 0.1) is 5.92 Å². The van der Waals surface area contributed by atoms with Gasteiger partial charge in [0.15, 0.2) is 0 Å². The fourth-order valence-electron chi connectivity index (χ4n) is 2.24. The van der Waals surface area contributed by atoms with Crippen molar-refractivity contribution in [1.29, 1.82) is 0 Å². The summed E-state index contributed by atoms with van der Waals surface area (Å²) < 4.78 is 0. The van der Waals surface area contributed by atoms with Crippen molar-refractivity contribution in [3.05, 3.63) is 44.3 Å². The average molecular weight is 294 g/mol. The minimum absolute atomic E-state index is 0.416. The molecule has 0 amide bonds. The van der Waals surface area contributed by atoms with Crippen molar-refractivity contribution >= 4 is 22.7 Å². The maximum absolute atomic E-state index is 3.79. The Morgan fingerprint density at radius 2 is 1.89 bits per heavy atom. The molecule has 0 aliphatic rings. The second kappa shape index (κ2) is 6.69. The van der Waals surface area contributed by atoms with Gasteiger partial charge in [-0.25, -0.2) is 0 Å². The minimum atomic E-state index is 0.416. The van der Waals surface area contributed by atoms with Gasteiger partial charge in [-0.15, -0.1) is 22.7 Å². The second-order valence-corrected chi connectivity index (χ2v) is 7.46. The quantitative estimate of drug-likeness (QED) is 0.750. The molecule has 2 atom stereocenters. The fraction of sp³-hybridized carbons (Fsp3) is 0.500. The third kappa shape index (κ3) is 3.68. The molecular weight excluding hydrogens is 270 g/mol. The zero-order valence-electron chi connectivity index (χ0n) is 12.1. The summed E-state index contributed by atoms with van der Waals surface area (Å²) in [5.41, 5.74) is 0. The molecule has 2 rings (SSSR count). The van der Waals surface area contributed by atoms with Crippen molar-refractivity contribution in [1.82, 2.24) is 5.32 Å². The lowest BCUT2D eigenvalue weighted by Crippen LogP contribution is -2.27. The van der Waals surface area contributed by atoms with Gasteiger partial charge in [0.1, 0.15) is 0 Å². The number of aryl methyl sites for hydroxylation is 1. The van der Waals surface area contributed by atoms with Gasteiger partial charge in [0, 0.05) is 26.7 Å². The largest absolute Gasteiger partial charge is 0.302 e. The van der Waals surface area contributed by atoms with Crippen LogP contribution in [-0.4, -0.2) is 0 Å². The first kappa shape index (κ1) is 14.8. The number of thiophene rings is 2. The highest BCUT2D eigenvalue weighted by molar-refractivity contribution is 7.12. The number of hydrogen-bond acceptors (Lipinski definition) is 3. The molecule has 0 aromatic carbocycles. The first-order valence-electron chi connectivity index (χ1n) is 6.99. The van der Waals surface area contributed by atoms with Crippen molar-refractivity contribution < 1.29 is 0 Å². The molecule has 2 heterocycles. The standard InChI is InChI=1S/C16H23NS2/c1-5-13-8-9-14(19-13)12(4)17-16(11(2)3)15-7-6-10-18-15/h6-12,16-17H,5H2,1-4H3. The lowest BCUT2D eigenvalue weighted by atomic mass is 10.0. The highest BCUT2D eigenvalue weighted by Gasteiger charge is 2.20. The maximum Gasteiger partial charge on any atom is 0.0443 e. The molecule has 0 aliphatic heterocycles. The third-order valence-electron chi connectivity index (χ3n) is 3.40. The SMILES string of the molecule is CCc1ccc(C(C)NC(c2cccs2)C(C)C)s1. The van der Waals surface area contributed by atoms with Crippen molar-refractivity contribution in [2.75, 3.05) is 0 Å². The molecule has 2 unspecified atom stereocenters. The van der Waals surface area contributed by atoms with Crippen molar-refractivity contribution in [2.24, 2.45) is 5.92 Å². The van der Waals surface area contributed by atoms with Crippen molar-refractivity contribution in [2.45, 2.75) is 46.2 Å². The zero-order chi connectivity index (χ0) is 13.8. The van der Waals surface area contributed by atoms with Crippen molar-refractivity contribution in [3.63, 3.8) is 0 Å². The fourth-order valence-corrected chi connectivity index (χ4v) is 4.16. The molecule has 0 bridgehead atoms. The van der Waals surface area contributed by atoms with Crippen LogP contribution in [0.5, 0.6) is 0 Å². The molecule has 104 valence electrons. The summed E-state index contributed by atoms with van der Waals surface area (Å²) in [5.74, 6) is 0.603. The van der Waals surface area contributed by atoms with Crippen molar-refractivity contribution in [3.8, 4) is 0 Å². The first-order chi connectivity index (χ1) is 9.11. The molecule has 0 radical (unpaired) electrons. The Labute approximate surface area is 124 Å². The molecule has 3 heteroatoms. The van der Waals surface area contributed by atoms with E-state index < -0.39 is 0 Å². The Kier molecular flexibility index (Phi) is 5.20. The van der Waals surface area contributed by atoms with Gasteiger partial charge in [-0.2, -0.15) is 0 Å². The Balaban J connectivity index is 2.09. The van der Waals surface area contributed by atoms with Gasteiger partial charge in [0.2, 0.25) is 0 Å². The molecule has 19 heavy (non-hydrogen) atoms. The molecule has 0 saturated heterocycles. The van der Waals surface area contributed by atoms with E-state index in [-0.39, 0.29) is 0 Å². The molecule has 0 aliphatic carbocycles. The van der Waals surface area contributed by atoms with E-state index in [2.05, 4.69) is 62.7 Å². The monoisotopic (exact) mass is 293 g/mol. The number of hydrogen-bond donors (Lipinski definition) is 1. The normalized spacial score (nSPS) is 14.8. The zero-order valence-corrected chi connectivity index (χ0v) is 13.8. The summed E-state index contributed by atoms with van der Waals surface area (Å²) in [6, 6.07) is 9.77. The van der Waals surface area contributed by atoms with E-state index in [1.165, 1.54) is 14.6 Å². The maximum atomic E-state index is 3.79. The Bertz CT molecular complexity index is 485. The summed E-state index contributed by atoms with van der Waals surface area (Å²) in [7, 11) is 0. The smallest absolute Gasteiger partial charge is 0.0443 e. The lowest BCUT2D eigenvalue weighted by molar-refractivity contribution is 0.382. The summed E-state index contributed by atoms with van der Waals surface area (Å²) in [5, 5.41) is 5.96. The van der Waals surface area contributed by atoms with E-state index in [0.717, 1.165) is 6.42 Å².